The number of hydrogen-bond donors (Lipinski definition) is 2. The second-order valence-corrected chi connectivity index (χ2v) is 5.05. The maximum Gasteiger partial charge on any atom is 0.319 e. The molecule has 0 unspecified atom stereocenters. The summed E-state index contributed by atoms with van der Waals surface area (Å²) in [5, 5.41) is 5.56. The smallest absolute Gasteiger partial charge is 0.319 e. The number of ether oxygens (including phenoxy) is 1. The average Bonchev–Trinajstić information content (AvgIpc) is 2.46. The molecule has 0 atom stereocenters. The van der Waals surface area contributed by atoms with Crippen LogP contribution in [0, 0.1) is 0 Å². The van der Waals surface area contributed by atoms with Gasteiger partial charge in [-0.05, 0) is 30.3 Å². The van der Waals surface area contributed by atoms with Gasteiger partial charge >= 0.3 is 6.03 Å². The number of halogens is 1. The van der Waals surface area contributed by atoms with E-state index in [0.717, 1.165) is 21.5 Å². The molecule has 2 aromatic carbocycles. The third-order valence-electron chi connectivity index (χ3n) is 2.71. The van der Waals surface area contributed by atoms with Crippen molar-refractivity contribution < 1.29 is 9.53 Å². The molecule has 2 aromatic rings. The Kier molecular flexibility index (Phi) is 5.01. The summed E-state index contributed by atoms with van der Waals surface area (Å²) in [6.45, 7) is 0.390. The number of rotatable bonds is 4. The maximum absolute atomic E-state index is 11.8. The van der Waals surface area contributed by atoms with Crippen LogP contribution in [-0.4, -0.2) is 13.1 Å². The van der Waals surface area contributed by atoms with Crippen molar-refractivity contribution in [3.8, 4) is 5.75 Å². The molecule has 0 saturated heterocycles. The first-order valence-electron chi connectivity index (χ1n) is 6.11. The molecular weight excluding hydrogens is 320 g/mol. The second kappa shape index (κ2) is 6.96. The van der Waals surface area contributed by atoms with Crippen LogP contribution in [0.1, 0.15) is 5.56 Å². The van der Waals surface area contributed by atoms with Crippen LogP contribution in [0.25, 0.3) is 0 Å². The lowest BCUT2D eigenvalue weighted by Gasteiger charge is -2.11. The van der Waals surface area contributed by atoms with Gasteiger partial charge in [-0.15, -0.1) is 0 Å². The molecule has 5 heteroatoms. The number of hydrogen-bond acceptors (Lipinski definition) is 2. The zero-order valence-corrected chi connectivity index (χ0v) is 12.6. The summed E-state index contributed by atoms with van der Waals surface area (Å²) in [5.41, 5.74) is 1.66. The van der Waals surface area contributed by atoms with Gasteiger partial charge in [0.05, 0.1) is 7.11 Å². The molecule has 0 spiro atoms. The summed E-state index contributed by atoms with van der Waals surface area (Å²) in [6, 6.07) is 14.7. The van der Waals surface area contributed by atoms with Crippen molar-refractivity contribution in [2.75, 3.05) is 12.4 Å². The average molecular weight is 335 g/mol. The number of urea groups is 1. The normalized spacial score (nSPS) is 9.90. The zero-order valence-electron chi connectivity index (χ0n) is 11.0. The number of carbonyl (C=O) groups is 1. The van der Waals surface area contributed by atoms with Crippen molar-refractivity contribution >= 4 is 27.6 Å². The van der Waals surface area contributed by atoms with Crippen molar-refractivity contribution in [2.24, 2.45) is 0 Å². The first-order chi connectivity index (χ1) is 9.69. The van der Waals surface area contributed by atoms with Crippen LogP contribution >= 0.6 is 15.9 Å². The third kappa shape index (κ3) is 3.99. The van der Waals surface area contributed by atoms with Crippen molar-refractivity contribution in [3.05, 3.63) is 58.6 Å². The third-order valence-corrected chi connectivity index (χ3v) is 3.21. The van der Waals surface area contributed by atoms with Gasteiger partial charge in [0.1, 0.15) is 5.75 Å². The molecule has 0 saturated carbocycles. The number of anilines is 1. The summed E-state index contributed by atoms with van der Waals surface area (Å²) in [5.74, 6) is 0.744. The van der Waals surface area contributed by atoms with E-state index in [-0.39, 0.29) is 6.03 Å². The Bertz CT molecular complexity index is 588. The Hall–Kier alpha value is -2.01. The van der Waals surface area contributed by atoms with Gasteiger partial charge in [-0.25, -0.2) is 4.79 Å². The van der Waals surface area contributed by atoms with Crippen LogP contribution < -0.4 is 15.4 Å². The van der Waals surface area contributed by atoms with E-state index < -0.39 is 0 Å². The van der Waals surface area contributed by atoms with E-state index in [0.29, 0.717) is 6.54 Å². The lowest BCUT2D eigenvalue weighted by molar-refractivity contribution is 0.251. The Balaban J connectivity index is 1.95. The maximum atomic E-state index is 11.8. The molecule has 0 aliphatic carbocycles. The highest BCUT2D eigenvalue weighted by molar-refractivity contribution is 9.10. The van der Waals surface area contributed by atoms with Crippen LogP contribution in [-0.2, 0) is 6.54 Å². The fourth-order valence-corrected chi connectivity index (χ4v) is 2.17. The van der Waals surface area contributed by atoms with Gasteiger partial charge in [0.25, 0.3) is 0 Å². The van der Waals surface area contributed by atoms with Gasteiger partial charge in [0.2, 0.25) is 0 Å². The Morgan fingerprint density at radius 2 is 1.95 bits per heavy atom. The highest BCUT2D eigenvalue weighted by Crippen LogP contribution is 2.22. The Morgan fingerprint density at radius 1 is 1.20 bits per heavy atom. The molecule has 0 bridgehead atoms. The van der Waals surface area contributed by atoms with Crippen molar-refractivity contribution in [1.29, 1.82) is 0 Å². The number of carbonyl (C=O) groups excluding carboxylic acids is 1. The minimum Gasteiger partial charge on any atom is -0.496 e. The van der Waals surface area contributed by atoms with Crippen LogP contribution in [0.3, 0.4) is 0 Å². The van der Waals surface area contributed by atoms with E-state index in [2.05, 4.69) is 26.6 Å². The molecule has 0 aliphatic rings. The molecule has 20 heavy (non-hydrogen) atoms. The number of nitrogens with one attached hydrogen (secondary N) is 2. The highest BCUT2D eigenvalue weighted by Gasteiger charge is 2.06. The van der Waals surface area contributed by atoms with E-state index in [1.807, 2.05) is 48.5 Å². The van der Waals surface area contributed by atoms with Crippen LogP contribution in [0.4, 0.5) is 10.5 Å². The van der Waals surface area contributed by atoms with E-state index >= 15 is 0 Å². The van der Waals surface area contributed by atoms with Gasteiger partial charge in [-0.3, -0.25) is 0 Å². The summed E-state index contributed by atoms with van der Waals surface area (Å²) < 4.78 is 6.20. The topological polar surface area (TPSA) is 50.4 Å². The summed E-state index contributed by atoms with van der Waals surface area (Å²) in [6.07, 6.45) is 0. The predicted octanol–water partition coefficient (Wildman–Crippen LogP) is 3.78. The molecular formula is C15H15BrN2O2. The van der Waals surface area contributed by atoms with Gasteiger partial charge in [-0.1, -0.05) is 34.1 Å². The van der Waals surface area contributed by atoms with Crippen LogP contribution in [0.5, 0.6) is 5.75 Å². The predicted molar refractivity (Wildman–Crippen MR) is 83.0 cm³/mol. The van der Waals surface area contributed by atoms with Crippen molar-refractivity contribution in [1.82, 2.24) is 5.32 Å². The monoisotopic (exact) mass is 334 g/mol. The SMILES string of the molecule is COc1ccc(Br)cc1CNC(=O)Nc1ccccc1. The molecule has 104 valence electrons. The van der Waals surface area contributed by atoms with Gasteiger partial charge in [-0.2, -0.15) is 0 Å². The van der Waals surface area contributed by atoms with Gasteiger partial charge in [0, 0.05) is 22.3 Å². The van der Waals surface area contributed by atoms with Crippen LogP contribution in [0.15, 0.2) is 53.0 Å². The fourth-order valence-electron chi connectivity index (χ4n) is 1.76. The number of amides is 2. The zero-order chi connectivity index (χ0) is 14.4. The Labute approximate surface area is 126 Å². The Morgan fingerprint density at radius 3 is 2.65 bits per heavy atom. The fraction of sp³-hybridized carbons (Fsp3) is 0.133. The number of methoxy groups -OCH3 is 1. The lowest BCUT2D eigenvalue weighted by Crippen LogP contribution is -2.28. The van der Waals surface area contributed by atoms with Crippen molar-refractivity contribution in [2.45, 2.75) is 6.54 Å². The van der Waals surface area contributed by atoms with E-state index in [4.69, 9.17) is 4.74 Å². The van der Waals surface area contributed by atoms with Crippen molar-refractivity contribution in [3.63, 3.8) is 0 Å². The summed E-state index contributed by atoms with van der Waals surface area (Å²) >= 11 is 3.40. The molecule has 2 amide bonds. The molecule has 0 aliphatic heterocycles. The van der Waals surface area contributed by atoms with E-state index in [1.165, 1.54) is 0 Å². The molecule has 2 N–H and O–H groups in total. The number of para-hydroxylation sites is 1. The molecule has 4 nitrogen and oxygen atoms in total. The first kappa shape index (κ1) is 14.4. The molecule has 2 rings (SSSR count). The largest absolute Gasteiger partial charge is 0.496 e. The lowest BCUT2D eigenvalue weighted by atomic mass is 10.2. The van der Waals surface area contributed by atoms with Gasteiger partial charge < -0.3 is 15.4 Å². The van der Waals surface area contributed by atoms with E-state index in [9.17, 15) is 4.79 Å². The quantitative estimate of drug-likeness (QED) is 0.893. The molecule has 0 radical (unpaired) electrons. The second-order valence-electron chi connectivity index (χ2n) is 4.13. The van der Waals surface area contributed by atoms with E-state index in [1.54, 1.807) is 7.11 Å². The molecule has 0 fully saturated rings. The highest BCUT2D eigenvalue weighted by atomic mass is 79.9. The number of benzene rings is 2. The summed E-state index contributed by atoms with van der Waals surface area (Å²) in [4.78, 5) is 11.8. The molecule has 0 aromatic heterocycles. The van der Waals surface area contributed by atoms with Crippen LogP contribution in [0.2, 0.25) is 0 Å². The minimum absolute atomic E-state index is 0.252. The molecule has 0 heterocycles. The standard InChI is InChI=1S/C15H15BrN2O2/c1-20-14-8-7-12(16)9-11(14)10-17-15(19)18-13-5-3-2-4-6-13/h2-9H,10H2,1H3,(H2,17,18,19). The minimum atomic E-state index is -0.252. The van der Waals surface area contributed by atoms with Gasteiger partial charge in [0.15, 0.2) is 0 Å². The summed E-state index contributed by atoms with van der Waals surface area (Å²) in [7, 11) is 1.61. The first-order valence-corrected chi connectivity index (χ1v) is 6.90.